The van der Waals surface area contributed by atoms with E-state index in [1.165, 1.54) is 0 Å². The highest BCUT2D eigenvalue weighted by molar-refractivity contribution is 5.89. The third-order valence-electron chi connectivity index (χ3n) is 4.53. The fourth-order valence-corrected chi connectivity index (χ4v) is 3.11. The van der Waals surface area contributed by atoms with Gasteiger partial charge in [-0.25, -0.2) is 19.6 Å². The summed E-state index contributed by atoms with van der Waals surface area (Å²) in [6.45, 7) is 4.97. The molecular formula is C21H23N5O4. The normalized spacial score (nSPS) is 14.5. The lowest BCUT2D eigenvalue weighted by Crippen LogP contribution is -2.46. The lowest BCUT2D eigenvalue weighted by molar-refractivity contribution is -0.134. The molecule has 0 unspecified atom stereocenters. The molecule has 0 atom stereocenters. The molecule has 1 fully saturated rings. The Balaban J connectivity index is 0.000000275. The summed E-state index contributed by atoms with van der Waals surface area (Å²) in [6, 6.07) is 14.3. The van der Waals surface area contributed by atoms with Crippen molar-refractivity contribution in [2.24, 2.45) is 0 Å². The number of carboxylic acid groups (broad SMARTS) is 2. The number of imidazole rings is 1. The van der Waals surface area contributed by atoms with Crippen molar-refractivity contribution < 1.29 is 19.8 Å². The van der Waals surface area contributed by atoms with Gasteiger partial charge in [-0.05, 0) is 24.3 Å². The number of hydrogen-bond acceptors (Lipinski definition) is 6. The molecule has 0 spiro atoms. The number of anilines is 1. The monoisotopic (exact) mass is 409 g/mol. The predicted molar refractivity (Wildman–Crippen MR) is 112 cm³/mol. The highest BCUT2D eigenvalue weighted by Crippen LogP contribution is 2.15. The van der Waals surface area contributed by atoms with E-state index in [0.29, 0.717) is 12.2 Å². The second-order valence-corrected chi connectivity index (χ2v) is 6.66. The van der Waals surface area contributed by atoms with Gasteiger partial charge < -0.3 is 20.1 Å². The van der Waals surface area contributed by atoms with Crippen LogP contribution in [0.1, 0.15) is 5.82 Å². The second kappa shape index (κ2) is 10.2. The number of benzene rings is 1. The van der Waals surface area contributed by atoms with Gasteiger partial charge in [0, 0.05) is 44.5 Å². The molecule has 156 valence electrons. The molecule has 1 aliphatic rings. The van der Waals surface area contributed by atoms with Gasteiger partial charge in [0.15, 0.2) is 0 Å². The van der Waals surface area contributed by atoms with E-state index < -0.39 is 11.9 Å². The van der Waals surface area contributed by atoms with E-state index in [-0.39, 0.29) is 0 Å². The Labute approximate surface area is 173 Å². The number of hydrogen-bond donors (Lipinski definition) is 3. The summed E-state index contributed by atoms with van der Waals surface area (Å²) in [5.41, 5.74) is 2.16. The number of nitrogens with one attached hydrogen (secondary N) is 1. The molecule has 0 saturated carbocycles. The summed E-state index contributed by atoms with van der Waals surface area (Å²) in [5.74, 6) is -0.391. The first-order valence-electron chi connectivity index (χ1n) is 9.47. The van der Waals surface area contributed by atoms with Crippen LogP contribution in [-0.4, -0.2) is 68.2 Å². The van der Waals surface area contributed by atoms with Crippen LogP contribution in [0.3, 0.4) is 0 Å². The van der Waals surface area contributed by atoms with Crippen molar-refractivity contribution in [3.63, 3.8) is 0 Å². The van der Waals surface area contributed by atoms with Gasteiger partial charge in [-0.1, -0.05) is 18.2 Å². The number of rotatable bonds is 5. The van der Waals surface area contributed by atoms with Gasteiger partial charge in [0.05, 0.1) is 17.6 Å². The van der Waals surface area contributed by atoms with Crippen LogP contribution in [0.25, 0.3) is 11.0 Å². The molecule has 9 heteroatoms. The Morgan fingerprint density at radius 2 is 1.63 bits per heavy atom. The zero-order valence-electron chi connectivity index (χ0n) is 16.3. The number of para-hydroxylation sites is 2. The van der Waals surface area contributed by atoms with Gasteiger partial charge in [-0.3, -0.25) is 4.90 Å². The molecule has 3 aromatic rings. The number of carbonyl (C=O) groups is 2. The molecule has 3 heterocycles. The van der Waals surface area contributed by atoms with Gasteiger partial charge in [-0.2, -0.15) is 0 Å². The fourth-order valence-electron chi connectivity index (χ4n) is 3.11. The lowest BCUT2D eigenvalue weighted by atomic mass is 10.3. The lowest BCUT2D eigenvalue weighted by Gasteiger charge is -2.34. The molecule has 1 aromatic carbocycles. The highest BCUT2D eigenvalue weighted by Gasteiger charge is 2.18. The summed E-state index contributed by atoms with van der Waals surface area (Å²) in [7, 11) is 0. The SMILES string of the molecule is O=C(O)/C=C\C(=O)O.c1ccc(N2CCN(Cc3nc4ccccc4[nH]3)CC2)nc1. The number of pyridine rings is 1. The van der Waals surface area contributed by atoms with Gasteiger partial charge in [0.2, 0.25) is 0 Å². The summed E-state index contributed by atoms with van der Waals surface area (Å²) < 4.78 is 0. The third kappa shape index (κ3) is 6.14. The number of nitrogens with zero attached hydrogens (tertiary/aromatic N) is 4. The van der Waals surface area contributed by atoms with Crippen molar-refractivity contribution in [1.82, 2.24) is 19.9 Å². The van der Waals surface area contributed by atoms with E-state index >= 15 is 0 Å². The molecule has 1 aliphatic heterocycles. The van der Waals surface area contributed by atoms with E-state index in [4.69, 9.17) is 10.2 Å². The fraction of sp³-hybridized carbons (Fsp3) is 0.238. The summed E-state index contributed by atoms with van der Waals surface area (Å²) >= 11 is 0. The van der Waals surface area contributed by atoms with Gasteiger partial charge in [-0.15, -0.1) is 0 Å². The van der Waals surface area contributed by atoms with E-state index in [1.807, 2.05) is 36.5 Å². The largest absolute Gasteiger partial charge is 0.478 e. The first-order valence-corrected chi connectivity index (χ1v) is 9.47. The number of aromatic amines is 1. The number of aliphatic carboxylic acids is 2. The molecule has 0 aliphatic carbocycles. The summed E-state index contributed by atoms with van der Waals surface area (Å²) in [6.07, 6.45) is 2.97. The standard InChI is InChI=1S/C17H19N5.C4H4O4/c1-2-6-15-14(5-1)19-16(20-15)13-21-9-11-22(12-10-21)17-7-3-4-8-18-17;5-3(6)1-2-4(7)8/h1-8H,9-13H2,(H,19,20);1-2H,(H,5,6)(H,7,8)/b;2-1-. The number of piperazine rings is 1. The van der Waals surface area contributed by atoms with Crippen molar-refractivity contribution in [3.05, 3.63) is 66.6 Å². The van der Waals surface area contributed by atoms with E-state index in [1.54, 1.807) is 0 Å². The predicted octanol–water partition coefficient (Wildman–Crippen LogP) is 1.99. The summed E-state index contributed by atoms with van der Waals surface area (Å²) in [4.78, 5) is 36.4. The molecule has 9 nitrogen and oxygen atoms in total. The number of H-pyrrole nitrogens is 1. The van der Waals surface area contributed by atoms with Gasteiger partial charge >= 0.3 is 11.9 Å². The van der Waals surface area contributed by atoms with Crippen molar-refractivity contribution in [1.29, 1.82) is 0 Å². The average molecular weight is 409 g/mol. The zero-order valence-corrected chi connectivity index (χ0v) is 16.3. The topological polar surface area (TPSA) is 123 Å². The van der Waals surface area contributed by atoms with Crippen LogP contribution in [0.2, 0.25) is 0 Å². The number of carboxylic acids is 2. The molecule has 1 saturated heterocycles. The van der Waals surface area contributed by atoms with Crippen LogP contribution in [0.4, 0.5) is 5.82 Å². The number of aromatic nitrogens is 3. The minimum absolute atomic E-state index is 0.558. The van der Waals surface area contributed by atoms with Gasteiger partial charge in [0.1, 0.15) is 11.6 Å². The summed E-state index contributed by atoms with van der Waals surface area (Å²) in [5, 5.41) is 15.6. The first-order chi connectivity index (χ1) is 14.5. The Morgan fingerprint density at radius 3 is 2.23 bits per heavy atom. The molecule has 3 N–H and O–H groups in total. The van der Waals surface area contributed by atoms with E-state index in [0.717, 1.165) is 55.4 Å². The second-order valence-electron chi connectivity index (χ2n) is 6.66. The van der Waals surface area contributed by atoms with Crippen LogP contribution < -0.4 is 4.90 Å². The molecular weight excluding hydrogens is 386 g/mol. The van der Waals surface area contributed by atoms with Gasteiger partial charge in [0.25, 0.3) is 0 Å². The Bertz CT molecular complexity index is 961. The highest BCUT2D eigenvalue weighted by atomic mass is 16.4. The Kier molecular flexibility index (Phi) is 7.12. The maximum Gasteiger partial charge on any atom is 0.328 e. The zero-order chi connectivity index (χ0) is 21.3. The van der Waals surface area contributed by atoms with Crippen molar-refractivity contribution in [3.8, 4) is 0 Å². The molecule has 2 aromatic heterocycles. The Hall–Kier alpha value is -3.72. The molecule has 0 bridgehead atoms. The van der Waals surface area contributed by atoms with E-state index in [2.05, 4.69) is 36.9 Å². The minimum atomic E-state index is -1.26. The van der Waals surface area contributed by atoms with Crippen LogP contribution in [0.15, 0.2) is 60.8 Å². The molecule has 30 heavy (non-hydrogen) atoms. The number of fused-ring (bicyclic) bond motifs is 1. The van der Waals surface area contributed by atoms with Crippen LogP contribution in [0, 0.1) is 0 Å². The van der Waals surface area contributed by atoms with Crippen LogP contribution in [0.5, 0.6) is 0 Å². The van der Waals surface area contributed by atoms with E-state index in [9.17, 15) is 9.59 Å². The van der Waals surface area contributed by atoms with Crippen molar-refractivity contribution >= 4 is 28.8 Å². The van der Waals surface area contributed by atoms with Crippen molar-refractivity contribution in [2.45, 2.75) is 6.54 Å². The third-order valence-corrected chi connectivity index (χ3v) is 4.53. The minimum Gasteiger partial charge on any atom is -0.478 e. The van der Waals surface area contributed by atoms with Crippen LogP contribution in [-0.2, 0) is 16.1 Å². The van der Waals surface area contributed by atoms with Crippen molar-refractivity contribution in [2.75, 3.05) is 31.1 Å². The Morgan fingerprint density at radius 1 is 0.967 bits per heavy atom. The quantitative estimate of drug-likeness (QED) is 0.547. The maximum atomic E-state index is 9.55. The smallest absolute Gasteiger partial charge is 0.328 e. The van der Waals surface area contributed by atoms with Crippen LogP contribution >= 0.6 is 0 Å². The first kappa shape index (κ1) is 21.0. The average Bonchev–Trinajstić information content (AvgIpc) is 3.16. The maximum absolute atomic E-state index is 9.55. The molecule has 0 radical (unpaired) electrons. The molecule has 4 rings (SSSR count). The molecule has 0 amide bonds.